The van der Waals surface area contributed by atoms with Gasteiger partial charge >= 0.3 is 0 Å². The number of ether oxygens (including phenoxy) is 1. The van der Waals surface area contributed by atoms with E-state index < -0.39 is 0 Å². The lowest BCUT2D eigenvalue weighted by molar-refractivity contribution is 0.373. The number of phenolic OH excluding ortho intramolecular Hbond substituents is 1. The topological polar surface area (TPSA) is 53.8 Å². The maximum absolute atomic E-state index is 9.47. The molecule has 0 aliphatic heterocycles. The Hall–Kier alpha value is -2.49. The van der Waals surface area contributed by atoms with Crippen molar-refractivity contribution in [2.45, 2.75) is 6.54 Å². The van der Waals surface area contributed by atoms with Gasteiger partial charge in [0.2, 0.25) is 0 Å². The zero-order chi connectivity index (χ0) is 13.5. The highest BCUT2D eigenvalue weighted by molar-refractivity contribution is 5.80. The average molecular weight is 256 g/mol. The normalized spacial score (nSPS) is 10.6. The molecule has 2 aromatic rings. The number of benzene rings is 2. The highest BCUT2D eigenvalue weighted by Crippen LogP contribution is 2.25. The minimum atomic E-state index is 0.122. The molecular formula is C15H16N2O2. The molecule has 0 spiro atoms. The van der Waals surface area contributed by atoms with Gasteiger partial charge < -0.3 is 15.3 Å². The first-order chi connectivity index (χ1) is 9.29. The van der Waals surface area contributed by atoms with Crippen molar-refractivity contribution in [3.05, 3.63) is 59.7 Å². The van der Waals surface area contributed by atoms with Gasteiger partial charge in [-0.05, 0) is 29.3 Å². The fourth-order valence-corrected chi connectivity index (χ4v) is 1.63. The fourth-order valence-electron chi connectivity index (χ4n) is 1.63. The number of nitrogens with one attached hydrogen (secondary N) is 1. The molecule has 0 saturated heterocycles. The number of aromatic hydroxyl groups is 1. The third-order valence-electron chi connectivity index (χ3n) is 2.63. The van der Waals surface area contributed by atoms with Gasteiger partial charge in [0.15, 0.2) is 11.5 Å². The zero-order valence-electron chi connectivity index (χ0n) is 10.7. The molecule has 0 radical (unpaired) electrons. The van der Waals surface area contributed by atoms with Crippen LogP contribution in [0.4, 0.5) is 0 Å². The second-order valence-electron chi connectivity index (χ2n) is 4.01. The van der Waals surface area contributed by atoms with Crippen LogP contribution < -0.4 is 10.2 Å². The van der Waals surface area contributed by atoms with E-state index in [4.69, 9.17) is 4.74 Å². The van der Waals surface area contributed by atoms with Crippen molar-refractivity contribution < 1.29 is 9.84 Å². The summed E-state index contributed by atoms with van der Waals surface area (Å²) in [6.07, 6.45) is 1.69. The molecular weight excluding hydrogens is 240 g/mol. The summed E-state index contributed by atoms with van der Waals surface area (Å²) in [6, 6.07) is 15.1. The third-order valence-corrected chi connectivity index (χ3v) is 2.63. The molecule has 0 aromatic heterocycles. The smallest absolute Gasteiger partial charge is 0.161 e. The van der Waals surface area contributed by atoms with Gasteiger partial charge in [0, 0.05) is 0 Å². The molecule has 19 heavy (non-hydrogen) atoms. The Morgan fingerprint density at radius 1 is 1.21 bits per heavy atom. The molecule has 2 N–H and O–H groups in total. The Morgan fingerprint density at radius 2 is 2.00 bits per heavy atom. The first-order valence-electron chi connectivity index (χ1n) is 5.96. The third kappa shape index (κ3) is 3.74. The van der Waals surface area contributed by atoms with Gasteiger partial charge in [-0.15, -0.1) is 0 Å². The number of nitrogens with zero attached hydrogens (tertiary/aromatic N) is 1. The van der Waals surface area contributed by atoms with E-state index in [-0.39, 0.29) is 5.75 Å². The molecule has 2 rings (SSSR count). The van der Waals surface area contributed by atoms with Gasteiger partial charge in [0.05, 0.1) is 19.9 Å². The Labute approximate surface area is 112 Å². The highest BCUT2D eigenvalue weighted by Gasteiger charge is 2.00. The summed E-state index contributed by atoms with van der Waals surface area (Å²) >= 11 is 0. The predicted octanol–water partition coefficient (Wildman–Crippen LogP) is 2.52. The van der Waals surface area contributed by atoms with Gasteiger partial charge in [-0.25, -0.2) is 0 Å². The van der Waals surface area contributed by atoms with Crippen molar-refractivity contribution >= 4 is 6.21 Å². The molecule has 0 amide bonds. The molecule has 0 atom stereocenters. The zero-order valence-corrected chi connectivity index (χ0v) is 10.7. The van der Waals surface area contributed by atoms with Crippen LogP contribution in [0.3, 0.4) is 0 Å². The van der Waals surface area contributed by atoms with Gasteiger partial charge in [0.1, 0.15) is 0 Å². The van der Waals surface area contributed by atoms with Crippen LogP contribution in [0.1, 0.15) is 11.1 Å². The van der Waals surface area contributed by atoms with Crippen molar-refractivity contribution in [1.29, 1.82) is 0 Å². The number of rotatable bonds is 5. The lowest BCUT2D eigenvalue weighted by Gasteiger charge is -2.03. The maximum Gasteiger partial charge on any atom is 0.161 e. The molecule has 0 fully saturated rings. The summed E-state index contributed by atoms with van der Waals surface area (Å²) in [6.45, 7) is 0.673. The van der Waals surface area contributed by atoms with E-state index in [1.54, 1.807) is 24.4 Å². The van der Waals surface area contributed by atoms with Crippen LogP contribution in [0.5, 0.6) is 11.5 Å². The fraction of sp³-hybridized carbons (Fsp3) is 0.133. The number of hydrogen-bond acceptors (Lipinski definition) is 4. The summed E-state index contributed by atoms with van der Waals surface area (Å²) in [5.41, 5.74) is 4.99. The van der Waals surface area contributed by atoms with Crippen molar-refractivity contribution in [2.24, 2.45) is 5.10 Å². The summed E-state index contributed by atoms with van der Waals surface area (Å²) in [7, 11) is 1.52. The Kier molecular flexibility index (Phi) is 4.39. The highest BCUT2D eigenvalue weighted by atomic mass is 16.5. The molecule has 0 unspecified atom stereocenters. The predicted molar refractivity (Wildman–Crippen MR) is 75.5 cm³/mol. The molecule has 0 aliphatic carbocycles. The van der Waals surface area contributed by atoms with Crippen LogP contribution >= 0.6 is 0 Å². The van der Waals surface area contributed by atoms with Crippen LogP contribution in [-0.2, 0) is 6.54 Å². The van der Waals surface area contributed by atoms with Crippen LogP contribution in [0.2, 0.25) is 0 Å². The molecule has 0 aliphatic rings. The molecule has 0 bridgehead atoms. The first-order valence-corrected chi connectivity index (χ1v) is 5.96. The van der Waals surface area contributed by atoms with Crippen molar-refractivity contribution in [3.8, 4) is 11.5 Å². The van der Waals surface area contributed by atoms with E-state index in [1.807, 2.05) is 30.3 Å². The standard InChI is InChI=1S/C15H16N2O2/c1-19-15-9-13(7-8-14(15)18)11-17-16-10-12-5-3-2-4-6-12/h2-9,11,16,18H,10H2,1H3/b17-11+. The average Bonchev–Trinajstić information content (AvgIpc) is 2.46. The number of hydrazone groups is 1. The number of methoxy groups -OCH3 is 1. The Bertz CT molecular complexity index is 553. The molecule has 0 saturated carbocycles. The van der Waals surface area contributed by atoms with Crippen LogP contribution in [0, 0.1) is 0 Å². The minimum Gasteiger partial charge on any atom is -0.504 e. The molecule has 0 heterocycles. The van der Waals surface area contributed by atoms with Crippen molar-refractivity contribution in [2.75, 3.05) is 7.11 Å². The molecule has 4 nitrogen and oxygen atoms in total. The van der Waals surface area contributed by atoms with E-state index in [0.717, 1.165) is 5.56 Å². The van der Waals surface area contributed by atoms with Crippen molar-refractivity contribution in [3.63, 3.8) is 0 Å². The molecule has 2 aromatic carbocycles. The lowest BCUT2D eigenvalue weighted by atomic mass is 10.2. The van der Waals surface area contributed by atoms with Gasteiger partial charge in [-0.2, -0.15) is 5.10 Å². The van der Waals surface area contributed by atoms with Crippen molar-refractivity contribution in [1.82, 2.24) is 5.43 Å². The minimum absolute atomic E-state index is 0.122. The van der Waals surface area contributed by atoms with Gasteiger partial charge in [0.25, 0.3) is 0 Å². The second-order valence-corrected chi connectivity index (χ2v) is 4.01. The summed E-state index contributed by atoms with van der Waals surface area (Å²) in [4.78, 5) is 0. The quantitative estimate of drug-likeness (QED) is 0.638. The molecule has 4 heteroatoms. The summed E-state index contributed by atoms with van der Waals surface area (Å²) < 4.78 is 5.03. The van der Waals surface area contributed by atoms with Crippen LogP contribution in [0.25, 0.3) is 0 Å². The monoisotopic (exact) mass is 256 g/mol. The van der Waals surface area contributed by atoms with Gasteiger partial charge in [-0.1, -0.05) is 30.3 Å². The largest absolute Gasteiger partial charge is 0.504 e. The van der Waals surface area contributed by atoms with Crippen LogP contribution in [-0.4, -0.2) is 18.4 Å². The van der Waals surface area contributed by atoms with E-state index in [2.05, 4.69) is 10.5 Å². The number of hydrogen-bond donors (Lipinski definition) is 2. The van der Waals surface area contributed by atoms with E-state index in [0.29, 0.717) is 12.3 Å². The molecule has 98 valence electrons. The van der Waals surface area contributed by atoms with E-state index in [1.165, 1.54) is 12.7 Å². The Balaban J connectivity index is 1.92. The van der Waals surface area contributed by atoms with E-state index >= 15 is 0 Å². The first kappa shape index (κ1) is 13.0. The lowest BCUT2D eigenvalue weighted by Crippen LogP contribution is -2.05. The second kappa shape index (κ2) is 6.44. The maximum atomic E-state index is 9.47. The Morgan fingerprint density at radius 3 is 2.74 bits per heavy atom. The van der Waals surface area contributed by atoms with E-state index in [9.17, 15) is 5.11 Å². The summed E-state index contributed by atoms with van der Waals surface area (Å²) in [5.74, 6) is 0.559. The SMILES string of the molecule is COc1cc(/C=N/NCc2ccccc2)ccc1O. The number of phenols is 1. The summed E-state index contributed by atoms with van der Waals surface area (Å²) in [5, 5.41) is 13.6. The van der Waals surface area contributed by atoms with Gasteiger partial charge in [-0.3, -0.25) is 0 Å². The van der Waals surface area contributed by atoms with Crippen LogP contribution in [0.15, 0.2) is 53.6 Å².